The first-order chi connectivity index (χ1) is 15.9. The van der Waals surface area contributed by atoms with Gasteiger partial charge in [0.1, 0.15) is 5.75 Å². The van der Waals surface area contributed by atoms with Gasteiger partial charge in [0.05, 0.1) is 13.2 Å². The Bertz CT molecular complexity index is 1040. The summed E-state index contributed by atoms with van der Waals surface area (Å²) in [5.41, 5.74) is 4.23. The second kappa shape index (κ2) is 10.1. The van der Waals surface area contributed by atoms with Crippen LogP contribution in [-0.2, 0) is 14.9 Å². The van der Waals surface area contributed by atoms with Crippen LogP contribution in [0.1, 0.15) is 31.9 Å². The van der Waals surface area contributed by atoms with Crippen LogP contribution in [0.25, 0.3) is 0 Å². The Labute approximate surface area is 196 Å². The van der Waals surface area contributed by atoms with Crippen LogP contribution < -0.4 is 15.0 Å². The summed E-state index contributed by atoms with van der Waals surface area (Å²) < 4.78 is 11.3. The number of amides is 1. The first kappa shape index (κ1) is 22.9. The number of ether oxygens (including phenoxy) is 2. The Kier molecular flexibility index (Phi) is 6.99. The Balaban J connectivity index is 1.34. The van der Waals surface area contributed by atoms with Crippen LogP contribution in [0.3, 0.4) is 0 Å². The lowest BCUT2D eigenvalue weighted by Gasteiger charge is -2.29. The maximum Gasteiger partial charge on any atom is 0.265 e. The summed E-state index contributed by atoms with van der Waals surface area (Å²) in [5.74, 6) is 0.496. The van der Waals surface area contributed by atoms with E-state index in [-0.39, 0.29) is 11.3 Å². The molecule has 1 saturated heterocycles. The predicted octanol–water partition coefficient (Wildman–Crippen LogP) is 5.26. The number of anilines is 2. The lowest BCUT2D eigenvalue weighted by molar-refractivity contribution is -0.122. The van der Waals surface area contributed by atoms with Crippen molar-refractivity contribution in [2.75, 3.05) is 36.5 Å². The van der Waals surface area contributed by atoms with Crippen LogP contribution in [0.2, 0.25) is 0 Å². The molecular formula is C28H32N2O3. The molecule has 1 unspecified atom stereocenters. The molecule has 0 radical (unpaired) electrons. The smallest absolute Gasteiger partial charge is 0.265 e. The fraction of sp³-hybridized carbons (Fsp3) is 0.321. The molecule has 3 aromatic carbocycles. The van der Waals surface area contributed by atoms with Crippen LogP contribution in [0.4, 0.5) is 11.4 Å². The van der Waals surface area contributed by atoms with E-state index in [2.05, 4.69) is 60.5 Å². The largest absolute Gasteiger partial charge is 0.481 e. The third-order valence-corrected chi connectivity index (χ3v) is 6.26. The molecule has 0 saturated carbocycles. The molecule has 0 aromatic heterocycles. The summed E-state index contributed by atoms with van der Waals surface area (Å²) in [6, 6.07) is 26.3. The van der Waals surface area contributed by atoms with E-state index in [9.17, 15) is 4.79 Å². The minimum absolute atomic E-state index is 0.115. The van der Waals surface area contributed by atoms with Gasteiger partial charge in [0.25, 0.3) is 5.91 Å². The number of hydrogen-bond acceptors (Lipinski definition) is 4. The topological polar surface area (TPSA) is 50.8 Å². The second-order valence-electron chi connectivity index (χ2n) is 8.91. The third-order valence-electron chi connectivity index (χ3n) is 6.26. The maximum absolute atomic E-state index is 12.7. The van der Waals surface area contributed by atoms with Crippen LogP contribution in [-0.4, -0.2) is 38.3 Å². The number of carbonyl (C=O) groups is 1. The number of rotatable bonds is 7. The van der Waals surface area contributed by atoms with Gasteiger partial charge in [-0.3, -0.25) is 4.79 Å². The zero-order valence-corrected chi connectivity index (χ0v) is 19.6. The van der Waals surface area contributed by atoms with Gasteiger partial charge in [0, 0.05) is 29.9 Å². The second-order valence-corrected chi connectivity index (χ2v) is 8.91. The molecule has 5 heteroatoms. The van der Waals surface area contributed by atoms with Crippen LogP contribution in [0, 0.1) is 0 Å². The van der Waals surface area contributed by atoms with Crippen LogP contribution >= 0.6 is 0 Å². The van der Waals surface area contributed by atoms with Crippen molar-refractivity contribution < 1.29 is 14.3 Å². The zero-order valence-electron chi connectivity index (χ0n) is 19.6. The number of morpholine rings is 1. The molecule has 1 N–H and O–H groups in total. The molecule has 5 nitrogen and oxygen atoms in total. The number of carbonyl (C=O) groups excluding carboxylic acids is 1. The molecule has 0 bridgehead atoms. The molecular weight excluding hydrogens is 412 g/mol. The zero-order chi connectivity index (χ0) is 23.3. The highest BCUT2D eigenvalue weighted by Gasteiger charge is 2.23. The maximum atomic E-state index is 12.7. The number of benzene rings is 3. The molecule has 1 heterocycles. The van der Waals surface area contributed by atoms with Crippen molar-refractivity contribution in [3.05, 3.63) is 90.0 Å². The fourth-order valence-electron chi connectivity index (χ4n) is 4.05. The summed E-state index contributed by atoms with van der Waals surface area (Å²) >= 11 is 0. The van der Waals surface area contributed by atoms with E-state index >= 15 is 0 Å². The fourth-order valence-corrected chi connectivity index (χ4v) is 4.05. The molecule has 3 aromatic rings. The van der Waals surface area contributed by atoms with Crippen molar-refractivity contribution >= 4 is 17.3 Å². The lowest BCUT2D eigenvalue weighted by atomic mass is 9.78. The van der Waals surface area contributed by atoms with Crippen molar-refractivity contribution in [1.82, 2.24) is 0 Å². The minimum Gasteiger partial charge on any atom is -0.481 e. The van der Waals surface area contributed by atoms with E-state index in [1.807, 2.05) is 42.5 Å². The van der Waals surface area contributed by atoms with Gasteiger partial charge in [-0.1, -0.05) is 56.3 Å². The van der Waals surface area contributed by atoms with Gasteiger partial charge in [0.15, 0.2) is 6.10 Å². The summed E-state index contributed by atoms with van der Waals surface area (Å²) in [6.07, 6.45) is -0.614. The summed E-state index contributed by atoms with van der Waals surface area (Å²) in [4.78, 5) is 14.9. The highest BCUT2D eigenvalue weighted by molar-refractivity contribution is 5.94. The summed E-state index contributed by atoms with van der Waals surface area (Å²) in [7, 11) is 0. The predicted molar refractivity (Wildman–Crippen MR) is 133 cm³/mol. The van der Waals surface area contributed by atoms with E-state index in [1.165, 1.54) is 11.1 Å². The molecule has 0 aliphatic carbocycles. The Hall–Kier alpha value is -3.31. The molecule has 172 valence electrons. The molecule has 1 fully saturated rings. The van der Waals surface area contributed by atoms with Crippen molar-refractivity contribution in [2.45, 2.75) is 32.3 Å². The average molecular weight is 445 g/mol. The Morgan fingerprint density at radius 2 is 1.52 bits per heavy atom. The summed E-state index contributed by atoms with van der Waals surface area (Å²) in [6.45, 7) is 9.45. The van der Waals surface area contributed by atoms with Crippen molar-refractivity contribution in [1.29, 1.82) is 0 Å². The molecule has 1 aliphatic rings. The lowest BCUT2D eigenvalue weighted by Crippen LogP contribution is -2.36. The summed E-state index contributed by atoms with van der Waals surface area (Å²) in [5, 5.41) is 2.94. The molecule has 4 rings (SSSR count). The van der Waals surface area contributed by atoms with Gasteiger partial charge in [0.2, 0.25) is 0 Å². The Morgan fingerprint density at radius 3 is 2.15 bits per heavy atom. The standard InChI is InChI=1S/C28H32N2O3/c1-21(27(31)29-24-11-13-25(14-12-24)30-17-19-32-20-18-30)33-26-15-9-23(10-16-26)28(2,3)22-7-5-4-6-8-22/h4-16,21H,17-20H2,1-3H3,(H,29,31). The first-order valence-corrected chi connectivity index (χ1v) is 11.5. The highest BCUT2D eigenvalue weighted by Crippen LogP contribution is 2.32. The molecule has 33 heavy (non-hydrogen) atoms. The minimum atomic E-state index is -0.614. The van der Waals surface area contributed by atoms with E-state index in [1.54, 1.807) is 6.92 Å². The van der Waals surface area contributed by atoms with Gasteiger partial charge in [-0.2, -0.15) is 0 Å². The van der Waals surface area contributed by atoms with Crippen molar-refractivity contribution in [3.8, 4) is 5.75 Å². The van der Waals surface area contributed by atoms with Crippen molar-refractivity contribution in [2.24, 2.45) is 0 Å². The van der Waals surface area contributed by atoms with Gasteiger partial charge in [-0.15, -0.1) is 0 Å². The van der Waals surface area contributed by atoms with Gasteiger partial charge < -0.3 is 19.7 Å². The normalized spacial score (nSPS) is 15.1. The van der Waals surface area contributed by atoms with Gasteiger partial charge in [-0.25, -0.2) is 0 Å². The molecule has 1 atom stereocenters. The number of hydrogen-bond donors (Lipinski definition) is 1. The van der Waals surface area contributed by atoms with Crippen LogP contribution in [0.15, 0.2) is 78.9 Å². The van der Waals surface area contributed by atoms with E-state index in [0.29, 0.717) is 5.75 Å². The highest BCUT2D eigenvalue weighted by atomic mass is 16.5. The molecule has 1 aliphatic heterocycles. The first-order valence-electron chi connectivity index (χ1n) is 11.5. The quantitative estimate of drug-likeness (QED) is 0.540. The van der Waals surface area contributed by atoms with Gasteiger partial charge in [-0.05, 0) is 54.4 Å². The average Bonchev–Trinajstić information content (AvgIpc) is 2.86. The van der Waals surface area contributed by atoms with E-state index < -0.39 is 6.10 Å². The van der Waals surface area contributed by atoms with Crippen LogP contribution in [0.5, 0.6) is 5.75 Å². The van der Waals surface area contributed by atoms with Crippen molar-refractivity contribution in [3.63, 3.8) is 0 Å². The van der Waals surface area contributed by atoms with E-state index in [4.69, 9.17) is 9.47 Å². The molecule has 0 spiro atoms. The molecule has 1 amide bonds. The SMILES string of the molecule is CC(Oc1ccc(C(C)(C)c2ccccc2)cc1)C(=O)Nc1ccc(N2CCOCC2)cc1. The number of nitrogens with one attached hydrogen (secondary N) is 1. The third kappa shape index (κ3) is 5.55. The number of nitrogens with zero attached hydrogens (tertiary/aromatic N) is 1. The Morgan fingerprint density at radius 1 is 0.909 bits per heavy atom. The monoisotopic (exact) mass is 444 g/mol. The van der Waals surface area contributed by atoms with Gasteiger partial charge >= 0.3 is 0 Å². The van der Waals surface area contributed by atoms with E-state index in [0.717, 1.165) is 37.7 Å².